The van der Waals surface area contributed by atoms with Crippen LogP contribution in [0.15, 0.2) is 24.3 Å². The van der Waals surface area contributed by atoms with E-state index in [1.54, 1.807) is 12.1 Å². The van der Waals surface area contributed by atoms with Crippen LogP contribution in [0.25, 0.3) is 0 Å². The highest BCUT2D eigenvalue weighted by atomic mass is 19.1. The number of ether oxygens (including phenoxy) is 1. The fraction of sp³-hybridized carbons (Fsp3) is 0.800. The van der Waals surface area contributed by atoms with Crippen LogP contribution >= 0.6 is 0 Å². The Morgan fingerprint density at radius 2 is 1.80 bits per heavy atom. The van der Waals surface area contributed by atoms with Crippen LogP contribution in [0.3, 0.4) is 0 Å². The van der Waals surface area contributed by atoms with Crippen LogP contribution in [0.4, 0.5) is 4.39 Å². The van der Waals surface area contributed by atoms with Crippen molar-refractivity contribution < 1.29 is 19.0 Å². The molecule has 1 N–H and O–H groups in total. The molecule has 4 nitrogen and oxygen atoms in total. The summed E-state index contributed by atoms with van der Waals surface area (Å²) in [5.74, 6) is 2.92. The van der Waals surface area contributed by atoms with Crippen molar-refractivity contribution >= 4 is 5.91 Å². The van der Waals surface area contributed by atoms with E-state index in [0.717, 1.165) is 69.4 Å². The van der Waals surface area contributed by atoms with Gasteiger partial charge in [-0.3, -0.25) is 4.79 Å². The molecule has 1 heterocycles. The van der Waals surface area contributed by atoms with Gasteiger partial charge in [-0.05, 0) is 143 Å². The molecule has 1 aliphatic heterocycles. The third-order valence-corrected chi connectivity index (χ3v) is 13.1. The molecule has 222 valence electrons. The lowest BCUT2D eigenvalue weighted by Crippen LogP contribution is -2.58. The Morgan fingerprint density at radius 3 is 2.55 bits per heavy atom. The van der Waals surface area contributed by atoms with E-state index in [4.69, 9.17) is 4.74 Å². The average Bonchev–Trinajstić information content (AvgIpc) is 3.33. The molecule has 0 aromatic heterocycles. The van der Waals surface area contributed by atoms with Gasteiger partial charge in [0.15, 0.2) is 0 Å². The number of amides is 1. The number of piperidine rings is 1. The molecule has 1 saturated heterocycles. The Bertz CT molecular complexity index is 1060. The largest absolute Gasteiger partial charge is 0.387 e. The number of nitrogens with zero attached hydrogens (tertiary/aromatic N) is 1. The molecule has 5 fully saturated rings. The zero-order valence-electron chi connectivity index (χ0n) is 25.2. The standard InChI is InChI=1S/C35H52FNO3/c1-4-35-20-19-34(39,23-40-5-2)22-25(35)11-14-27-28-15-16-30(33(28,3)18-17-29(27)35)32(38)37-21-7-6-8-31(37)24-9-12-26(36)13-10-24/h9-10,12-13,25,27-31,39H,4-8,11,14-23H2,1-3H3/t25-,27+,28+,29+,30-,31+,33+,34-,35+/m1/s1. The summed E-state index contributed by atoms with van der Waals surface area (Å²) in [6.07, 6.45) is 14.3. The van der Waals surface area contributed by atoms with E-state index in [9.17, 15) is 14.3 Å². The molecular formula is C35H52FNO3. The van der Waals surface area contributed by atoms with Gasteiger partial charge in [0.1, 0.15) is 5.82 Å². The van der Waals surface area contributed by atoms with Gasteiger partial charge in [-0.15, -0.1) is 0 Å². The number of hydrogen-bond acceptors (Lipinski definition) is 3. The Hall–Kier alpha value is -1.46. The summed E-state index contributed by atoms with van der Waals surface area (Å²) < 4.78 is 19.4. The Morgan fingerprint density at radius 1 is 1.00 bits per heavy atom. The summed E-state index contributed by atoms with van der Waals surface area (Å²) in [6, 6.07) is 6.95. The molecule has 0 bridgehead atoms. The summed E-state index contributed by atoms with van der Waals surface area (Å²) in [7, 11) is 0. The first kappa shape index (κ1) is 28.6. The van der Waals surface area contributed by atoms with Crippen molar-refractivity contribution in [2.45, 2.75) is 116 Å². The number of carbonyl (C=O) groups excluding carboxylic acids is 1. The molecule has 0 unspecified atom stereocenters. The van der Waals surface area contributed by atoms with Crippen molar-refractivity contribution in [2.24, 2.45) is 40.4 Å². The second kappa shape index (κ2) is 11.0. The molecule has 1 amide bonds. The maximum atomic E-state index is 14.4. The molecule has 4 saturated carbocycles. The van der Waals surface area contributed by atoms with Gasteiger partial charge in [-0.1, -0.05) is 26.0 Å². The predicted octanol–water partition coefficient (Wildman–Crippen LogP) is 7.70. The number of likely N-dealkylation sites (tertiary alicyclic amines) is 1. The number of hydrogen-bond donors (Lipinski definition) is 1. The first-order valence-corrected chi connectivity index (χ1v) is 16.6. The van der Waals surface area contributed by atoms with Crippen molar-refractivity contribution in [3.8, 4) is 0 Å². The zero-order chi connectivity index (χ0) is 28.1. The van der Waals surface area contributed by atoms with Crippen LogP contribution in [0.1, 0.15) is 116 Å². The topological polar surface area (TPSA) is 49.8 Å². The number of carbonyl (C=O) groups is 1. The SMILES string of the molecule is CCOC[C@@]1(O)CC[C@@]2(CC)[C@H](CC[C@H]3[C@@H]4CC[C@H](C(=O)N5CCCC[C@H]5c5ccc(F)cc5)[C@@]4(C)CC[C@@H]32)C1. The number of aliphatic hydroxyl groups is 1. The molecule has 4 aliphatic carbocycles. The predicted molar refractivity (Wildman–Crippen MR) is 156 cm³/mol. The Balaban J connectivity index is 1.20. The van der Waals surface area contributed by atoms with E-state index in [-0.39, 0.29) is 23.2 Å². The van der Waals surface area contributed by atoms with Gasteiger partial charge < -0.3 is 14.7 Å². The third kappa shape index (κ3) is 4.66. The monoisotopic (exact) mass is 553 g/mol. The maximum absolute atomic E-state index is 14.4. The first-order valence-electron chi connectivity index (χ1n) is 16.6. The van der Waals surface area contributed by atoms with Gasteiger partial charge >= 0.3 is 0 Å². The number of rotatable bonds is 6. The van der Waals surface area contributed by atoms with E-state index in [2.05, 4.69) is 18.7 Å². The van der Waals surface area contributed by atoms with Crippen LogP contribution < -0.4 is 0 Å². The second-order valence-electron chi connectivity index (χ2n) is 14.6. The van der Waals surface area contributed by atoms with E-state index in [1.165, 1.54) is 32.1 Å². The fourth-order valence-corrected chi connectivity index (χ4v) is 11.1. The number of benzene rings is 1. The van der Waals surface area contributed by atoms with Crippen molar-refractivity contribution in [1.82, 2.24) is 4.90 Å². The van der Waals surface area contributed by atoms with Gasteiger partial charge in [0.25, 0.3) is 0 Å². The van der Waals surface area contributed by atoms with Crippen molar-refractivity contribution in [3.63, 3.8) is 0 Å². The van der Waals surface area contributed by atoms with E-state index < -0.39 is 5.60 Å². The molecule has 5 aliphatic rings. The number of halogens is 1. The fourth-order valence-electron chi connectivity index (χ4n) is 11.1. The molecule has 0 radical (unpaired) electrons. The quantitative estimate of drug-likeness (QED) is 0.393. The minimum Gasteiger partial charge on any atom is -0.387 e. The normalized spacial score (nSPS) is 43.1. The van der Waals surface area contributed by atoms with Crippen molar-refractivity contribution in [2.75, 3.05) is 19.8 Å². The highest BCUT2D eigenvalue weighted by Crippen LogP contribution is 2.69. The summed E-state index contributed by atoms with van der Waals surface area (Å²) in [5.41, 5.74) is 0.846. The summed E-state index contributed by atoms with van der Waals surface area (Å²) in [5, 5.41) is 11.4. The first-order chi connectivity index (χ1) is 19.2. The lowest BCUT2D eigenvalue weighted by atomic mass is 9.42. The highest BCUT2D eigenvalue weighted by molar-refractivity contribution is 5.81. The van der Waals surface area contributed by atoms with Gasteiger partial charge in [0.2, 0.25) is 5.91 Å². The van der Waals surface area contributed by atoms with Crippen molar-refractivity contribution in [1.29, 1.82) is 0 Å². The van der Waals surface area contributed by atoms with Crippen LogP contribution in [0.5, 0.6) is 0 Å². The molecule has 1 aromatic carbocycles. The van der Waals surface area contributed by atoms with Crippen molar-refractivity contribution in [3.05, 3.63) is 35.6 Å². The average molecular weight is 554 g/mol. The van der Waals surface area contributed by atoms with E-state index >= 15 is 0 Å². The molecule has 5 heteroatoms. The molecule has 40 heavy (non-hydrogen) atoms. The molecule has 9 atom stereocenters. The molecule has 0 spiro atoms. The molecule has 1 aromatic rings. The number of fused-ring (bicyclic) bond motifs is 5. The van der Waals surface area contributed by atoms with Crippen LogP contribution in [-0.2, 0) is 9.53 Å². The lowest BCUT2D eigenvalue weighted by Gasteiger charge is -2.63. The second-order valence-corrected chi connectivity index (χ2v) is 14.6. The highest BCUT2D eigenvalue weighted by Gasteiger charge is 2.63. The molecule has 6 rings (SSSR count). The minimum atomic E-state index is -0.657. The van der Waals surface area contributed by atoms with Gasteiger partial charge in [-0.2, -0.15) is 0 Å². The van der Waals surface area contributed by atoms with E-state index in [0.29, 0.717) is 42.3 Å². The van der Waals surface area contributed by atoms with Crippen LogP contribution in [-0.4, -0.2) is 41.3 Å². The van der Waals surface area contributed by atoms with E-state index in [1.807, 2.05) is 19.1 Å². The maximum Gasteiger partial charge on any atom is 0.226 e. The molecular weight excluding hydrogens is 501 g/mol. The zero-order valence-corrected chi connectivity index (χ0v) is 25.2. The summed E-state index contributed by atoms with van der Waals surface area (Å²) in [4.78, 5) is 16.6. The van der Waals surface area contributed by atoms with Gasteiger partial charge in [-0.25, -0.2) is 4.39 Å². The summed E-state index contributed by atoms with van der Waals surface area (Å²) >= 11 is 0. The minimum absolute atomic E-state index is 0.0786. The van der Waals surface area contributed by atoms with Crippen LogP contribution in [0.2, 0.25) is 0 Å². The Labute approximate surface area is 241 Å². The van der Waals surface area contributed by atoms with Gasteiger partial charge in [0.05, 0.1) is 18.2 Å². The third-order valence-electron chi connectivity index (χ3n) is 13.1. The lowest BCUT2D eigenvalue weighted by molar-refractivity contribution is -0.175. The van der Waals surface area contributed by atoms with Gasteiger partial charge in [0, 0.05) is 19.1 Å². The smallest absolute Gasteiger partial charge is 0.226 e. The van der Waals surface area contributed by atoms with Crippen LogP contribution in [0, 0.1) is 46.2 Å². The Kier molecular flexibility index (Phi) is 7.87. The summed E-state index contributed by atoms with van der Waals surface area (Å²) in [6.45, 7) is 8.86.